The maximum atomic E-state index is 13.2. The van der Waals surface area contributed by atoms with Gasteiger partial charge >= 0.3 is 0 Å². The summed E-state index contributed by atoms with van der Waals surface area (Å²) >= 11 is 0. The first-order chi connectivity index (χ1) is 11.1. The van der Waals surface area contributed by atoms with Gasteiger partial charge in [0.1, 0.15) is 0 Å². The van der Waals surface area contributed by atoms with Crippen molar-refractivity contribution in [2.45, 2.75) is 11.8 Å². The van der Waals surface area contributed by atoms with Crippen LogP contribution < -0.4 is 5.32 Å². The Morgan fingerprint density at radius 1 is 0.870 bits per heavy atom. The van der Waals surface area contributed by atoms with E-state index in [1.54, 1.807) is 36.7 Å². The predicted octanol–water partition coefficient (Wildman–Crippen LogP) is 3.81. The third kappa shape index (κ3) is 3.12. The van der Waals surface area contributed by atoms with Crippen LogP contribution in [-0.4, -0.2) is 8.42 Å². The van der Waals surface area contributed by atoms with Crippen molar-refractivity contribution in [3.05, 3.63) is 95.8 Å². The highest BCUT2D eigenvalue weighted by molar-refractivity contribution is 8.00. The number of benzene rings is 2. The average Bonchev–Trinajstić information content (AvgIpc) is 2.57. The summed E-state index contributed by atoms with van der Waals surface area (Å²) in [4.78, 5) is 0.616. The number of allylic oxidation sites excluding steroid dienone is 3. The fourth-order valence-corrected chi connectivity index (χ4v) is 4.06. The molecule has 1 aliphatic rings. The molecule has 23 heavy (non-hydrogen) atoms. The van der Waals surface area contributed by atoms with Gasteiger partial charge in [0, 0.05) is 12.4 Å². The fourth-order valence-electron chi connectivity index (χ4n) is 2.44. The maximum Gasteiger partial charge on any atom is 0.207 e. The standard InChI is InChI=1S/C19H17NO2S/c1-15-7-9-18(10-8-15)23(21,22)19(16-5-3-2-4-6-16)17-11-13-20-14-12-17/h2-14,20H,1H3. The zero-order valence-corrected chi connectivity index (χ0v) is 13.5. The van der Waals surface area contributed by atoms with Crippen LogP contribution in [-0.2, 0) is 9.84 Å². The highest BCUT2D eigenvalue weighted by Gasteiger charge is 2.24. The van der Waals surface area contributed by atoms with Crippen LogP contribution in [0.5, 0.6) is 0 Å². The van der Waals surface area contributed by atoms with Crippen LogP contribution in [0.25, 0.3) is 4.91 Å². The second-order valence-corrected chi connectivity index (χ2v) is 7.19. The molecule has 0 aliphatic carbocycles. The fraction of sp³-hybridized carbons (Fsp3) is 0.0526. The molecule has 3 nitrogen and oxygen atoms in total. The quantitative estimate of drug-likeness (QED) is 0.934. The molecule has 4 heteroatoms. The number of sulfone groups is 1. The van der Waals surface area contributed by atoms with E-state index in [-0.39, 0.29) is 0 Å². The molecule has 116 valence electrons. The van der Waals surface area contributed by atoms with Crippen LogP contribution in [0, 0.1) is 6.92 Å². The average molecular weight is 323 g/mol. The van der Waals surface area contributed by atoms with E-state index in [0.29, 0.717) is 20.9 Å². The Balaban J connectivity index is 2.24. The van der Waals surface area contributed by atoms with Crippen LogP contribution in [0.15, 0.2) is 89.6 Å². The van der Waals surface area contributed by atoms with E-state index in [2.05, 4.69) is 5.32 Å². The minimum Gasteiger partial charge on any atom is -0.368 e. The zero-order chi connectivity index (χ0) is 16.3. The van der Waals surface area contributed by atoms with Gasteiger partial charge in [0.25, 0.3) is 0 Å². The van der Waals surface area contributed by atoms with Crippen LogP contribution in [0.1, 0.15) is 11.1 Å². The SMILES string of the molecule is Cc1ccc(S(=O)(=O)C(=C2C=CNC=C2)c2ccccc2)cc1. The van der Waals surface area contributed by atoms with Crippen molar-refractivity contribution in [3.8, 4) is 0 Å². The topological polar surface area (TPSA) is 46.2 Å². The number of hydrogen-bond donors (Lipinski definition) is 1. The zero-order valence-electron chi connectivity index (χ0n) is 12.7. The van der Waals surface area contributed by atoms with E-state index in [0.717, 1.165) is 5.56 Å². The summed E-state index contributed by atoms with van der Waals surface area (Å²) in [6.45, 7) is 1.94. The van der Waals surface area contributed by atoms with Gasteiger partial charge in [0.15, 0.2) is 0 Å². The largest absolute Gasteiger partial charge is 0.368 e. The molecule has 1 N–H and O–H groups in total. The number of aryl methyl sites for hydroxylation is 1. The number of hydrogen-bond acceptors (Lipinski definition) is 3. The van der Waals surface area contributed by atoms with Gasteiger partial charge in [0.05, 0.1) is 9.80 Å². The van der Waals surface area contributed by atoms with Crippen LogP contribution in [0.4, 0.5) is 0 Å². The molecule has 2 aromatic carbocycles. The molecule has 0 spiro atoms. The molecule has 0 amide bonds. The normalized spacial score (nSPS) is 13.7. The smallest absolute Gasteiger partial charge is 0.207 e. The van der Waals surface area contributed by atoms with Crippen LogP contribution >= 0.6 is 0 Å². The summed E-state index contributed by atoms with van der Waals surface area (Å²) in [5, 5.41) is 2.93. The van der Waals surface area contributed by atoms with Crippen molar-refractivity contribution in [2.75, 3.05) is 0 Å². The van der Waals surface area contributed by atoms with E-state index in [9.17, 15) is 8.42 Å². The third-order valence-electron chi connectivity index (χ3n) is 3.62. The molecule has 0 radical (unpaired) electrons. The highest BCUT2D eigenvalue weighted by Crippen LogP contribution is 2.32. The summed E-state index contributed by atoms with van der Waals surface area (Å²) < 4.78 is 26.4. The Morgan fingerprint density at radius 3 is 2.09 bits per heavy atom. The van der Waals surface area contributed by atoms with Crippen molar-refractivity contribution < 1.29 is 8.42 Å². The minimum atomic E-state index is -3.62. The Morgan fingerprint density at radius 2 is 1.48 bits per heavy atom. The van der Waals surface area contributed by atoms with Gasteiger partial charge in [-0.15, -0.1) is 0 Å². The summed E-state index contributed by atoms with van der Waals surface area (Å²) in [6, 6.07) is 16.1. The Labute approximate surface area is 136 Å². The molecule has 2 aromatic rings. The molecule has 0 aromatic heterocycles. The highest BCUT2D eigenvalue weighted by atomic mass is 32.2. The van der Waals surface area contributed by atoms with Gasteiger partial charge in [-0.2, -0.15) is 0 Å². The molecular formula is C19H17NO2S. The molecular weight excluding hydrogens is 306 g/mol. The van der Waals surface area contributed by atoms with E-state index >= 15 is 0 Å². The Hall–Kier alpha value is -2.59. The second kappa shape index (κ2) is 6.26. The summed E-state index contributed by atoms with van der Waals surface area (Å²) in [5.41, 5.74) is 2.37. The molecule has 1 heterocycles. The van der Waals surface area contributed by atoms with Crippen molar-refractivity contribution in [3.63, 3.8) is 0 Å². The lowest BCUT2D eigenvalue weighted by Crippen LogP contribution is -2.08. The van der Waals surface area contributed by atoms with Gasteiger partial charge in [-0.3, -0.25) is 0 Å². The van der Waals surface area contributed by atoms with Crippen molar-refractivity contribution >= 4 is 14.7 Å². The number of dihydropyridines is 1. The van der Waals surface area contributed by atoms with Gasteiger partial charge in [0.2, 0.25) is 9.84 Å². The van der Waals surface area contributed by atoms with E-state index < -0.39 is 9.84 Å². The van der Waals surface area contributed by atoms with E-state index in [1.165, 1.54) is 0 Å². The monoisotopic (exact) mass is 323 g/mol. The third-order valence-corrected chi connectivity index (χ3v) is 5.52. The molecule has 0 atom stereocenters. The predicted molar refractivity (Wildman–Crippen MR) is 93.1 cm³/mol. The number of nitrogens with one attached hydrogen (secondary N) is 1. The lowest BCUT2D eigenvalue weighted by molar-refractivity contribution is 0.605. The first-order valence-electron chi connectivity index (χ1n) is 7.29. The first-order valence-corrected chi connectivity index (χ1v) is 8.78. The minimum absolute atomic E-state index is 0.301. The first kappa shape index (κ1) is 15.3. The van der Waals surface area contributed by atoms with Gasteiger partial charge in [-0.25, -0.2) is 8.42 Å². The van der Waals surface area contributed by atoms with E-state index in [1.807, 2.05) is 49.4 Å². The molecule has 1 aliphatic heterocycles. The Bertz CT molecular complexity index is 876. The summed E-state index contributed by atoms with van der Waals surface area (Å²) in [6.07, 6.45) is 6.99. The maximum absolute atomic E-state index is 13.2. The molecule has 0 saturated carbocycles. The molecule has 0 unspecified atom stereocenters. The van der Waals surface area contributed by atoms with E-state index in [4.69, 9.17) is 0 Å². The Kier molecular flexibility index (Phi) is 4.17. The lowest BCUT2D eigenvalue weighted by atomic mass is 10.1. The van der Waals surface area contributed by atoms with Gasteiger partial charge < -0.3 is 5.32 Å². The number of rotatable bonds is 3. The van der Waals surface area contributed by atoms with Crippen molar-refractivity contribution in [1.82, 2.24) is 5.32 Å². The molecule has 0 bridgehead atoms. The van der Waals surface area contributed by atoms with Crippen molar-refractivity contribution in [1.29, 1.82) is 0 Å². The van der Waals surface area contributed by atoms with Gasteiger partial charge in [-0.05, 0) is 42.3 Å². The second-order valence-electron chi connectivity index (χ2n) is 5.30. The molecule has 0 fully saturated rings. The lowest BCUT2D eigenvalue weighted by Gasteiger charge is -2.14. The van der Waals surface area contributed by atoms with Gasteiger partial charge in [-0.1, -0.05) is 48.0 Å². The molecule has 3 rings (SSSR count). The van der Waals surface area contributed by atoms with Crippen LogP contribution in [0.2, 0.25) is 0 Å². The summed E-state index contributed by atoms with van der Waals surface area (Å²) in [7, 11) is -3.62. The summed E-state index contributed by atoms with van der Waals surface area (Å²) in [5.74, 6) is 0. The van der Waals surface area contributed by atoms with Crippen molar-refractivity contribution in [2.24, 2.45) is 0 Å². The molecule has 0 saturated heterocycles. The van der Waals surface area contributed by atoms with Crippen LogP contribution in [0.3, 0.4) is 0 Å².